The number of aliphatic hydroxyl groups is 2. The van der Waals surface area contributed by atoms with E-state index in [4.69, 9.17) is 26.8 Å². The van der Waals surface area contributed by atoms with Crippen LogP contribution in [0.15, 0.2) is 12.1 Å². The van der Waals surface area contributed by atoms with Crippen molar-refractivity contribution in [1.29, 1.82) is 0 Å². The fourth-order valence-electron chi connectivity index (χ4n) is 5.73. The van der Waals surface area contributed by atoms with Crippen molar-refractivity contribution in [3.63, 3.8) is 0 Å². The second kappa shape index (κ2) is 8.16. The van der Waals surface area contributed by atoms with Crippen molar-refractivity contribution in [2.75, 3.05) is 19.8 Å². The fraction of sp³-hybridized carbons (Fsp3) is 0.714. The summed E-state index contributed by atoms with van der Waals surface area (Å²) in [6.45, 7) is 3.57. The molecule has 0 saturated carbocycles. The van der Waals surface area contributed by atoms with Crippen LogP contribution in [0.1, 0.15) is 37.0 Å². The minimum absolute atomic E-state index is 0.0616. The van der Waals surface area contributed by atoms with Gasteiger partial charge in [0.2, 0.25) is 0 Å². The molecule has 0 amide bonds. The van der Waals surface area contributed by atoms with Crippen molar-refractivity contribution in [2.45, 2.75) is 68.7 Å². The van der Waals surface area contributed by atoms with Gasteiger partial charge in [0.25, 0.3) is 0 Å². The number of likely N-dealkylation sites (tertiary alicyclic amines) is 1. The van der Waals surface area contributed by atoms with Gasteiger partial charge in [0, 0.05) is 19.1 Å². The Morgan fingerprint density at radius 2 is 2.16 bits per heavy atom. The van der Waals surface area contributed by atoms with Crippen molar-refractivity contribution >= 4 is 11.6 Å². The van der Waals surface area contributed by atoms with E-state index in [0.29, 0.717) is 30.8 Å². The van der Waals surface area contributed by atoms with E-state index >= 15 is 0 Å². The molecule has 3 unspecified atom stereocenters. The summed E-state index contributed by atoms with van der Waals surface area (Å²) >= 11 is 5.95. The number of benzene rings is 1. The maximum absolute atomic E-state index is 14.6. The number of hydrogen-bond acceptors (Lipinski definition) is 8. The van der Waals surface area contributed by atoms with Crippen molar-refractivity contribution in [2.24, 2.45) is 11.7 Å². The highest BCUT2D eigenvalue weighted by Crippen LogP contribution is 2.42. The van der Waals surface area contributed by atoms with E-state index in [1.165, 1.54) is 6.07 Å². The van der Waals surface area contributed by atoms with Crippen LogP contribution in [0.25, 0.3) is 0 Å². The van der Waals surface area contributed by atoms with Gasteiger partial charge in [-0.25, -0.2) is 4.39 Å². The van der Waals surface area contributed by atoms with E-state index in [2.05, 4.69) is 17.6 Å². The highest BCUT2D eigenvalue weighted by molar-refractivity contribution is 6.30. The molecule has 4 aliphatic heterocycles. The highest BCUT2D eigenvalue weighted by atomic mass is 35.5. The van der Waals surface area contributed by atoms with Gasteiger partial charge in [0.15, 0.2) is 0 Å². The molecule has 0 aromatic heterocycles. The lowest BCUT2D eigenvalue weighted by atomic mass is 9.86. The predicted molar refractivity (Wildman–Crippen MR) is 111 cm³/mol. The lowest BCUT2D eigenvalue weighted by Crippen LogP contribution is -2.71. The average molecular weight is 457 g/mol. The lowest BCUT2D eigenvalue weighted by molar-refractivity contribution is -0.143. The van der Waals surface area contributed by atoms with Crippen LogP contribution in [0.5, 0.6) is 0 Å². The Bertz CT molecular complexity index is 850. The van der Waals surface area contributed by atoms with E-state index in [1.54, 1.807) is 6.07 Å². The SMILES string of the molecule is CCC1(N)NCNC2C1CCN2[C@@H]1O[C@H]([C@@H]2OCCc3c2ccc(Cl)c3F)[C@@H](O)[C@H]1O. The molecule has 3 fully saturated rings. The molecule has 5 rings (SSSR count). The number of ether oxygens (including phenoxy) is 2. The van der Waals surface area contributed by atoms with Gasteiger partial charge >= 0.3 is 0 Å². The summed E-state index contributed by atoms with van der Waals surface area (Å²) in [6, 6.07) is 3.20. The zero-order valence-corrected chi connectivity index (χ0v) is 18.2. The predicted octanol–water partition coefficient (Wildman–Crippen LogP) is 0.403. The number of fused-ring (bicyclic) bond motifs is 2. The van der Waals surface area contributed by atoms with Crippen molar-refractivity contribution in [3.8, 4) is 0 Å². The molecule has 8 atom stereocenters. The molecule has 8 nitrogen and oxygen atoms in total. The molecule has 0 aliphatic carbocycles. The Kier molecular flexibility index (Phi) is 5.78. The zero-order chi connectivity index (χ0) is 21.9. The Morgan fingerprint density at radius 1 is 1.35 bits per heavy atom. The Labute approximate surface area is 185 Å². The van der Waals surface area contributed by atoms with Gasteiger partial charge in [-0.3, -0.25) is 15.5 Å². The smallest absolute Gasteiger partial charge is 0.145 e. The number of aliphatic hydroxyl groups excluding tert-OH is 2. The number of rotatable bonds is 3. The van der Waals surface area contributed by atoms with Crippen LogP contribution in [-0.4, -0.2) is 71.3 Å². The van der Waals surface area contributed by atoms with Crippen molar-refractivity contribution in [3.05, 3.63) is 34.1 Å². The quantitative estimate of drug-likeness (QED) is 0.444. The summed E-state index contributed by atoms with van der Waals surface area (Å²) in [5, 5.41) is 28.6. The highest BCUT2D eigenvalue weighted by Gasteiger charge is 2.56. The number of halogens is 2. The standard InChI is InChI=1S/C21H30ClFN4O4/c1-2-21(24)12-5-7-27(19(12)25-9-26-21)20-16(29)15(28)18(31-20)17-11-3-4-13(22)14(23)10(11)6-8-30-17/h3-4,12,15-20,25-26,28-29H,2,5-9,24H2,1H3/t12?,15-,16+,17+,18-,19?,20+,21?/m0/s1. The Balaban J connectivity index is 1.39. The van der Waals surface area contributed by atoms with Gasteiger partial charge in [-0.15, -0.1) is 0 Å². The third kappa shape index (κ3) is 3.42. The van der Waals surface area contributed by atoms with Gasteiger partial charge in [0.05, 0.1) is 23.5 Å². The van der Waals surface area contributed by atoms with Crippen LogP contribution < -0.4 is 16.4 Å². The molecule has 0 bridgehead atoms. The normalized spacial score (nSPS) is 43.1. The summed E-state index contributed by atoms with van der Waals surface area (Å²) < 4.78 is 26.7. The summed E-state index contributed by atoms with van der Waals surface area (Å²) in [5.74, 6) is -0.321. The molecule has 0 radical (unpaired) electrons. The zero-order valence-electron chi connectivity index (χ0n) is 17.4. The first-order chi connectivity index (χ1) is 14.9. The van der Waals surface area contributed by atoms with Gasteiger partial charge in [-0.2, -0.15) is 0 Å². The number of hydrogen-bond donors (Lipinski definition) is 5. The summed E-state index contributed by atoms with van der Waals surface area (Å²) in [4.78, 5) is 2.04. The largest absolute Gasteiger partial charge is 0.387 e. The average Bonchev–Trinajstić information content (AvgIpc) is 3.33. The molecular weight excluding hydrogens is 427 g/mol. The van der Waals surface area contributed by atoms with E-state index in [-0.39, 0.29) is 23.7 Å². The third-order valence-electron chi connectivity index (χ3n) is 7.50. The molecule has 4 heterocycles. The van der Waals surface area contributed by atoms with Gasteiger partial charge in [-0.05, 0) is 36.5 Å². The van der Waals surface area contributed by atoms with Crippen molar-refractivity contribution < 1.29 is 24.1 Å². The topological polar surface area (TPSA) is 112 Å². The second-order valence-electron chi connectivity index (χ2n) is 8.97. The molecule has 4 aliphatic rings. The number of nitrogens with one attached hydrogen (secondary N) is 2. The van der Waals surface area contributed by atoms with Crippen LogP contribution in [-0.2, 0) is 15.9 Å². The Hall–Kier alpha value is -0.880. The molecule has 0 spiro atoms. The molecule has 31 heavy (non-hydrogen) atoms. The van der Waals surface area contributed by atoms with Crippen molar-refractivity contribution in [1.82, 2.24) is 15.5 Å². The van der Waals surface area contributed by atoms with Crippen LogP contribution in [0.2, 0.25) is 5.02 Å². The van der Waals surface area contributed by atoms with E-state index in [9.17, 15) is 14.6 Å². The number of nitrogens with zero attached hydrogens (tertiary/aromatic N) is 1. The molecule has 1 aromatic carbocycles. The Morgan fingerprint density at radius 3 is 2.94 bits per heavy atom. The maximum atomic E-state index is 14.6. The van der Waals surface area contributed by atoms with Gasteiger partial charge in [-0.1, -0.05) is 24.6 Å². The molecule has 1 aromatic rings. The first kappa shape index (κ1) is 21.9. The first-order valence-corrected chi connectivity index (χ1v) is 11.4. The lowest BCUT2D eigenvalue weighted by Gasteiger charge is -2.46. The molecule has 10 heteroatoms. The van der Waals surface area contributed by atoms with Gasteiger partial charge < -0.3 is 25.4 Å². The minimum atomic E-state index is -1.17. The van der Waals surface area contributed by atoms with Crippen LogP contribution in [0.4, 0.5) is 4.39 Å². The molecular formula is C21H30ClFN4O4. The molecule has 3 saturated heterocycles. The van der Waals surface area contributed by atoms with Crippen LogP contribution in [0, 0.1) is 11.7 Å². The number of nitrogens with two attached hydrogens (primary N) is 1. The molecule has 6 N–H and O–H groups in total. The summed E-state index contributed by atoms with van der Waals surface area (Å²) in [7, 11) is 0. The fourth-order valence-corrected chi connectivity index (χ4v) is 5.90. The summed E-state index contributed by atoms with van der Waals surface area (Å²) in [5.41, 5.74) is 7.19. The van der Waals surface area contributed by atoms with Crippen LogP contribution in [0.3, 0.4) is 0 Å². The maximum Gasteiger partial charge on any atom is 0.145 e. The van der Waals surface area contributed by atoms with E-state index in [0.717, 1.165) is 12.8 Å². The summed E-state index contributed by atoms with van der Waals surface area (Å²) in [6.07, 6.45) is -2.58. The second-order valence-corrected chi connectivity index (χ2v) is 9.38. The van der Waals surface area contributed by atoms with E-state index in [1.807, 2.05) is 4.90 Å². The molecule has 172 valence electrons. The van der Waals surface area contributed by atoms with Gasteiger partial charge in [0.1, 0.15) is 36.5 Å². The third-order valence-corrected chi connectivity index (χ3v) is 7.79. The van der Waals surface area contributed by atoms with Crippen LogP contribution >= 0.6 is 11.6 Å². The minimum Gasteiger partial charge on any atom is -0.387 e. The van der Waals surface area contributed by atoms with E-state index < -0.39 is 42.1 Å². The first-order valence-electron chi connectivity index (χ1n) is 11.0. The monoisotopic (exact) mass is 456 g/mol.